The molecule has 2 saturated heterocycles. The minimum atomic E-state index is -0.639. The van der Waals surface area contributed by atoms with E-state index in [0.29, 0.717) is 6.54 Å². The van der Waals surface area contributed by atoms with Gasteiger partial charge in [-0.3, -0.25) is 9.80 Å². The van der Waals surface area contributed by atoms with E-state index < -0.39 is 11.0 Å². The molecule has 119 valence electrons. The van der Waals surface area contributed by atoms with E-state index in [2.05, 4.69) is 22.1 Å². The van der Waals surface area contributed by atoms with Gasteiger partial charge in [-0.05, 0) is 17.9 Å². The number of β-amino-alcohol motifs (C(OH)–C–C–N with tert-alkyl or cyclic N) is 1. The minimum Gasteiger partial charge on any atom is -0.390 e. The highest BCUT2D eigenvalue weighted by molar-refractivity contribution is 6.50. The molecule has 2 unspecified atom stereocenters. The van der Waals surface area contributed by atoms with E-state index in [-0.39, 0.29) is 12.5 Å². The molecule has 9 heteroatoms. The summed E-state index contributed by atoms with van der Waals surface area (Å²) in [4.78, 5) is 18.6. The van der Waals surface area contributed by atoms with Crippen molar-refractivity contribution in [3.8, 4) is 0 Å². The maximum Gasteiger partial charge on any atom is 0.434 e. The molecule has 2 aliphatic rings. The Kier molecular flexibility index (Phi) is 4.75. The fraction of sp³-hybridized carbons (Fsp3) is 0.769. The zero-order valence-corrected chi connectivity index (χ0v) is 12.5. The lowest BCUT2D eigenvalue weighted by Gasteiger charge is -2.36. The first kappa shape index (κ1) is 15.5. The quantitative estimate of drug-likeness (QED) is 0.435. The standard InChI is InChI=1S/C13H21BN5O3/c20-12(9-18-5-2-15-13(18)19(21)22)8-17-4-1-3-16(10-17)7-11-6-14-11/h2,5,11-12,20H,1,3-4,6-10H2. The molecular weight excluding hydrogens is 285 g/mol. The van der Waals surface area contributed by atoms with E-state index in [1.54, 1.807) is 0 Å². The van der Waals surface area contributed by atoms with Crippen LogP contribution in [0.25, 0.3) is 0 Å². The highest BCUT2D eigenvalue weighted by Crippen LogP contribution is 2.28. The largest absolute Gasteiger partial charge is 0.434 e. The molecule has 1 aromatic rings. The molecule has 2 aliphatic heterocycles. The summed E-state index contributed by atoms with van der Waals surface area (Å²) < 4.78 is 1.39. The molecule has 2 fully saturated rings. The average Bonchev–Trinajstić information content (AvgIpc) is 3.14. The summed E-state index contributed by atoms with van der Waals surface area (Å²) in [5.41, 5.74) is 0. The predicted molar refractivity (Wildman–Crippen MR) is 81.8 cm³/mol. The Labute approximate surface area is 130 Å². The van der Waals surface area contributed by atoms with Crippen LogP contribution < -0.4 is 0 Å². The van der Waals surface area contributed by atoms with Gasteiger partial charge in [0.2, 0.25) is 0 Å². The molecule has 0 spiro atoms. The van der Waals surface area contributed by atoms with Crippen molar-refractivity contribution in [3.63, 3.8) is 0 Å². The lowest BCUT2D eigenvalue weighted by atomic mass is 10.0. The summed E-state index contributed by atoms with van der Waals surface area (Å²) in [5.74, 6) is 0.530. The van der Waals surface area contributed by atoms with Gasteiger partial charge in [0, 0.05) is 19.6 Å². The van der Waals surface area contributed by atoms with Crippen molar-refractivity contribution in [2.24, 2.45) is 0 Å². The number of nitrogens with zero attached hydrogens (tertiary/aromatic N) is 5. The van der Waals surface area contributed by atoms with Gasteiger partial charge in [0.1, 0.15) is 19.7 Å². The molecular formula is C13H21BN5O3. The molecule has 0 saturated carbocycles. The number of nitro groups is 1. The first-order valence-electron chi connectivity index (χ1n) is 7.73. The van der Waals surface area contributed by atoms with Crippen molar-refractivity contribution >= 4 is 13.2 Å². The van der Waals surface area contributed by atoms with Gasteiger partial charge < -0.3 is 15.2 Å². The summed E-state index contributed by atoms with van der Waals surface area (Å²) in [6.45, 7) is 4.79. The second-order valence-corrected chi connectivity index (χ2v) is 6.17. The van der Waals surface area contributed by atoms with E-state index in [9.17, 15) is 15.2 Å². The van der Waals surface area contributed by atoms with Gasteiger partial charge in [-0.2, -0.15) is 0 Å². The summed E-state index contributed by atoms with van der Waals surface area (Å²) >= 11 is 0. The lowest BCUT2D eigenvalue weighted by molar-refractivity contribution is -0.397. The number of rotatable bonds is 7. The second-order valence-electron chi connectivity index (χ2n) is 6.17. The minimum absolute atomic E-state index is 0.198. The smallest absolute Gasteiger partial charge is 0.390 e. The van der Waals surface area contributed by atoms with Crippen LogP contribution in [0.5, 0.6) is 0 Å². The number of hydrogen-bond acceptors (Lipinski definition) is 6. The van der Waals surface area contributed by atoms with Crippen LogP contribution in [0.15, 0.2) is 12.4 Å². The van der Waals surface area contributed by atoms with E-state index >= 15 is 0 Å². The topological polar surface area (TPSA) is 87.7 Å². The molecule has 1 N–H and O–H groups in total. The average molecular weight is 306 g/mol. The second kappa shape index (κ2) is 6.76. The molecule has 22 heavy (non-hydrogen) atoms. The monoisotopic (exact) mass is 306 g/mol. The first-order valence-corrected chi connectivity index (χ1v) is 7.73. The molecule has 1 aromatic heterocycles. The first-order chi connectivity index (χ1) is 10.6. The molecule has 0 aliphatic carbocycles. The van der Waals surface area contributed by atoms with Crippen molar-refractivity contribution in [2.75, 3.05) is 32.8 Å². The fourth-order valence-electron chi connectivity index (χ4n) is 3.02. The summed E-state index contributed by atoms with van der Waals surface area (Å²) in [6.07, 6.45) is 4.61. The van der Waals surface area contributed by atoms with Crippen LogP contribution in [-0.4, -0.2) is 75.6 Å². The van der Waals surface area contributed by atoms with Gasteiger partial charge >= 0.3 is 5.95 Å². The number of hydrogen-bond donors (Lipinski definition) is 1. The van der Waals surface area contributed by atoms with E-state index in [0.717, 1.165) is 38.5 Å². The summed E-state index contributed by atoms with van der Waals surface area (Å²) in [7, 11) is 2.33. The molecule has 0 aromatic carbocycles. The van der Waals surface area contributed by atoms with E-state index in [4.69, 9.17) is 0 Å². The lowest BCUT2D eigenvalue weighted by Crippen LogP contribution is -2.48. The summed E-state index contributed by atoms with van der Waals surface area (Å²) in [5, 5.41) is 21.0. The Morgan fingerprint density at radius 3 is 2.95 bits per heavy atom. The van der Waals surface area contributed by atoms with Crippen LogP contribution >= 0.6 is 0 Å². The van der Waals surface area contributed by atoms with Crippen LogP contribution in [0.1, 0.15) is 6.42 Å². The third kappa shape index (κ3) is 4.05. The van der Waals surface area contributed by atoms with Crippen LogP contribution in [0.4, 0.5) is 5.95 Å². The molecule has 1 radical (unpaired) electrons. The fourth-order valence-corrected chi connectivity index (χ4v) is 3.02. The SMILES string of the molecule is O=[N+]([O-])c1nccn1CC(O)CN1CCCN(CC2[B]C2)C1. The van der Waals surface area contributed by atoms with E-state index in [1.807, 2.05) is 0 Å². The molecule has 3 rings (SSSR count). The Hall–Kier alpha value is -1.45. The van der Waals surface area contributed by atoms with Crippen molar-refractivity contribution in [2.45, 2.75) is 31.2 Å². The van der Waals surface area contributed by atoms with Crippen LogP contribution in [0.3, 0.4) is 0 Å². The van der Waals surface area contributed by atoms with Crippen LogP contribution in [0.2, 0.25) is 12.1 Å². The highest BCUT2D eigenvalue weighted by atomic mass is 16.6. The van der Waals surface area contributed by atoms with Gasteiger partial charge in [-0.25, -0.2) is 4.57 Å². The molecule has 2 atom stereocenters. The summed E-state index contributed by atoms with van der Waals surface area (Å²) in [6, 6.07) is 0. The predicted octanol–water partition coefficient (Wildman–Crippen LogP) is 0.0420. The molecule has 3 heterocycles. The van der Waals surface area contributed by atoms with Crippen molar-refractivity contribution < 1.29 is 10.0 Å². The number of imidazole rings is 1. The Morgan fingerprint density at radius 1 is 1.45 bits per heavy atom. The van der Waals surface area contributed by atoms with Crippen LogP contribution in [-0.2, 0) is 6.54 Å². The van der Waals surface area contributed by atoms with Gasteiger partial charge in [0.25, 0.3) is 0 Å². The normalized spacial score (nSPS) is 24.0. The highest BCUT2D eigenvalue weighted by Gasteiger charge is 2.28. The van der Waals surface area contributed by atoms with Gasteiger partial charge in [-0.1, -0.05) is 17.1 Å². The maximum atomic E-state index is 10.8. The zero-order valence-electron chi connectivity index (χ0n) is 12.5. The maximum absolute atomic E-state index is 10.8. The van der Waals surface area contributed by atoms with Gasteiger partial charge in [-0.15, -0.1) is 0 Å². The Bertz CT molecular complexity index is 522. The number of aliphatic hydroxyl groups is 1. The third-order valence-corrected chi connectivity index (χ3v) is 4.14. The molecule has 0 bridgehead atoms. The number of aliphatic hydroxyl groups excluding tert-OH is 1. The third-order valence-electron chi connectivity index (χ3n) is 4.14. The molecule has 0 amide bonds. The number of aromatic nitrogens is 2. The van der Waals surface area contributed by atoms with E-state index in [1.165, 1.54) is 23.3 Å². The molecule has 8 nitrogen and oxygen atoms in total. The van der Waals surface area contributed by atoms with Crippen LogP contribution in [0, 0.1) is 10.1 Å². The Morgan fingerprint density at radius 2 is 2.23 bits per heavy atom. The Balaban J connectivity index is 1.49. The van der Waals surface area contributed by atoms with Crippen molar-refractivity contribution in [3.05, 3.63) is 22.5 Å². The van der Waals surface area contributed by atoms with Gasteiger partial charge in [0.15, 0.2) is 0 Å². The van der Waals surface area contributed by atoms with Crippen molar-refractivity contribution in [1.82, 2.24) is 19.4 Å². The van der Waals surface area contributed by atoms with Gasteiger partial charge in [0.05, 0.1) is 19.3 Å². The van der Waals surface area contributed by atoms with Crippen molar-refractivity contribution in [1.29, 1.82) is 0 Å². The zero-order chi connectivity index (χ0) is 15.5.